The molecule has 0 atom stereocenters. The molecule has 0 saturated heterocycles. The van der Waals surface area contributed by atoms with Crippen molar-refractivity contribution < 1.29 is 0 Å². The molecule has 0 saturated carbocycles. The minimum atomic E-state index is 0.581. The Morgan fingerprint density at radius 1 is 1.15 bits per heavy atom. The zero-order valence-electron chi connectivity index (χ0n) is 14.1. The average molecular weight is 274 g/mol. The Morgan fingerprint density at radius 2 is 1.75 bits per heavy atom. The standard InChI is InChI=1S/C9H12.C7H12N2.C2H6/c1-3-9-7-5-4-6-8(9)2;1-6(2)7-4-8-5-9(7)3;1-2/h4-7H,3H2,1-2H3;4-6H,1-3H3;1-2H3. The molecule has 2 aromatic rings. The Balaban J connectivity index is 0.000000321. The van der Waals surface area contributed by atoms with Crippen molar-refractivity contribution in [3.05, 3.63) is 53.6 Å². The molecule has 1 heterocycles. The van der Waals surface area contributed by atoms with Crippen LogP contribution in [0.1, 0.15) is 57.4 Å². The Bertz CT molecular complexity index is 470. The van der Waals surface area contributed by atoms with Crippen LogP contribution in [0.2, 0.25) is 0 Å². The van der Waals surface area contributed by atoms with Gasteiger partial charge in [-0.3, -0.25) is 0 Å². The van der Waals surface area contributed by atoms with Crippen LogP contribution in [-0.2, 0) is 13.5 Å². The maximum Gasteiger partial charge on any atom is 0.0945 e. The summed E-state index contributed by atoms with van der Waals surface area (Å²) in [5, 5.41) is 0. The smallest absolute Gasteiger partial charge is 0.0945 e. The summed E-state index contributed by atoms with van der Waals surface area (Å²) in [6.07, 6.45) is 4.88. The summed E-state index contributed by atoms with van der Waals surface area (Å²) in [4.78, 5) is 4.01. The van der Waals surface area contributed by atoms with Crippen molar-refractivity contribution in [1.82, 2.24) is 9.55 Å². The monoisotopic (exact) mass is 274 g/mol. The SMILES string of the molecule is CC.CC(C)c1cncn1C.CCc1ccccc1C. The van der Waals surface area contributed by atoms with Gasteiger partial charge in [-0.15, -0.1) is 0 Å². The van der Waals surface area contributed by atoms with Gasteiger partial charge in [-0.1, -0.05) is 58.9 Å². The van der Waals surface area contributed by atoms with Crippen LogP contribution in [0.4, 0.5) is 0 Å². The fourth-order valence-corrected chi connectivity index (χ4v) is 1.93. The van der Waals surface area contributed by atoms with E-state index in [-0.39, 0.29) is 0 Å². The summed E-state index contributed by atoms with van der Waals surface area (Å²) in [6.45, 7) is 12.7. The minimum absolute atomic E-state index is 0.581. The van der Waals surface area contributed by atoms with Gasteiger partial charge in [0.25, 0.3) is 0 Å². The molecule has 0 unspecified atom stereocenters. The molecule has 0 amide bonds. The van der Waals surface area contributed by atoms with Crippen molar-refractivity contribution in [2.45, 2.75) is 53.9 Å². The maximum absolute atomic E-state index is 4.01. The molecule has 2 rings (SSSR count). The number of rotatable bonds is 2. The van der Waals surface area contributed by atoms with Crippen LogP contribution in [0.15, 0.2) is 36.8 Å². The summed E-state index contributed by atoms with van der Waals surface area (Å²) < 4.78 is 2.05. The molecule has 0 aliphatic heterocycles. The molecular formula is C18H30N2. The number of benzene rings is 1. The third kappa shape index (κ3) is 6.05. The average Bonchev–Trinajstić information content (AvgIpc) is 2.89. The molecule has 1 aromatic carbocycles. The maximum atomic E-state index is 4.01. The van der Waals surface area contributed by atoms with E-state index in [0.717, 1.165) is 6.42 Å². The Hall–Kier alpha value is -1.57. The molecule has 112 valence electrons. The van der Waals surface area contributed by atoms with E-state index in [1.165, 1.54) is 16.8 Å². The highest BCUT2D eigenvalue weighted by Gasteiger charge is 2.00. The number of hydrogen-bond acceptors (Lipinski definition) is 1. The number of aromatic nitrogens is 2. The highest BCUT2D eigenvalue weighted by Crippen LogP contribution is 2.10. The molecular weight excluding hydrogens is 244 g/mol. The highest BCUT2D eigenvalue weighted by atomic mass is 15.0. The normalized spacial score (nSPS) is 9.40. The second-order valence-electron chi connectivity index (χ2n) is 4.86. The largest absolute Gasteiger partial charge is 0.337 e. The zero-order valence-corrected chi connectivity index (χ0v) is 14.1. The van der Waals surface area contributed by atoms with Crippen LogP contribution in [0.5, 0.6) is 0 Å². The lowest BCUT2D eigenvalue weighted by molar-refractivity contribution is 0.740. The predicted molar refractivity (Wildman–Crippen MR) is 89.2 cm³/mol. The minimum Gasteiger partial charge on any atom is -0.337 e. The highest BCUT2D eigenvalue weighted by molar-refractivity contribution is 5.25. The van der Waals surface area contributed by atoms with E-state index < -0.39 is 0 Å². The van der Waals surface area contributed by atoms with Gasteiger partial charge in [-0.2, -0.15) is 0 Å². The first-order valence-electron chi connectivity index (χ1n) is 7.57. The van der Waals surface area contributed by atoms with Crippen molar-refractivity contribution >= 4 is 0 Å². The Kier molecular flexibility index (Phi) is 9.44. The quantitative estimate of drug-likeness (QED) is 0.742. The van der Waals surface area contributed by atoms with Crippen molar-refractivity contribution in [1.29, 1.82) is 0 Å². The summed E-state index contributed by atoms with van der Waals surface area (Å²) in [7, 11) is 2.02. The van der Waals surface area contributed by atoms with Gasteiger partial charge in [0.2, 0.25) is 0 Å². The summed E-state index contributed by atoms with van der Waals surface area (Å²) in [5.74, 6) is 0.581. The number of nitrogens with zero attached hydrogens (tertiary/aromatic N) is 2. The van der Waals surface area contributed by atoms with Crippen molar-refractivity contribution in [3.8, 4) is 0 Å². The van der Waals surface area contributed by atoms with Crippen molar-refractivity contribution in [2.75, 3.05) is 0 Å². The van der Waals surface area contributed by atoms with Gasteiger partial charge in [0.15, 0.2) is 0 Å². The lowest BCUT2D eigenvalue weighted by atomic mass is 10.1. The molecule has 1 aromatic heterocycles. The Morgan fingerprint density at radius 3 is 2.05 bits per heavy atom. The van der Waals surface area contributed by atoms with Crippen LogP contribution in [0, 0.1) is 6.92 Å². The van der Waals surface area contributed by atoms with Gasteiger partial charge in [-0.05, 0) is 30.4 Å². The van der Waals surface area contributed by atoms with Crippen LogP contribution in [-0.4, -0.2) is 9.55 Å². The van der Waals surface area contributed by atoms with Gasteiger partial charge in [0.1, 0.15) is 0 Å². The summed E-state index contributed by atoms with van der Waals surface area (Å²) in [6, 6.07) is 8.49. The molecule has 0 fully saturated rings. The van der Waals surface area contributed by atoms with Crippen LogP contribution in [0.25, 0.3) is 0 Å². The lowest BCUT2D eigenvalue weighted by Gasteiger charge is -2.03. The fraction of sp³-hybridized carbons (Fsp3) is 0.500. The number of hydrogen-bond donors (Lipinski definition) is 0. The van der Waals surface area contributed by atoms with E-state index in [4.69, 9.17) is 0 Å². The molecule has 0 radical (unpaired) electrons. The first-order valence-corrected chi connectivity index (χ1v) is 7.57. The van der Waals surface area contributed by atoms with Gasteiger partial charge in [0.05, 0.1) is 6.33 Å². The van der Waals surface area contributed by atoms with Gasteiger partial charge < -0.3 is 4.57 Å². The second-order valence-corrected chi connectivity index (χ2v) is 4.86. The molecule has 0 N–H and O–H groups in total. The van der Waals surface area contributed by atoms with Gasteiger partial charge >= 0.3 is 0 Å². The molecule has 0 spiro atoms. The van der Waals surface area contributed by atoms with Crippen LogP contribution < -0.4 is 0 Å². The van der Waals surface area contributed by atoms with E-state index in [1.807, 2.05) is 38.0 Å². The van der Waals surface area contributed by atoms with Gasteiger partial charge in [0, 0.05) is 18.9 Å². The predicted octanol–water partition coefficient (Wildman–Crippen LogP) is 5.13. The number of imidazole rings is 1. The molecule has 2 heteroatoms. The van der Waals surface area contributed by atoms with Crippen molar-refractivity contribution in [3.63, 3.8) is 0 Å². The molecule has 0 aliphatic rings. The molecule has 0 aliphatic carbocycles. The third-order valence-corrected chi connectivity index (χ3v) is 3.09. The summed E-state index contributed by atoms with van der Waals surface area (Å²) in [5.41, 5.74) is 4.15. The zero-order chi connectivity index (χ0) is 15.5. The molecule has 0 bridgehead atoms. The summed E-state index contributed by atoms with van der Waals surface area (Å²) >= 11 is 0. The first kappa shape index (κ1) is 18.4. The molecule has 20 heavy (non-hydrogen) atoms. The molecule has 2 nitrogen and oxygen atoms in total. The van der Waals surface area contributed by atoms with E-state index in [2.05, 4.69) is 56.9 Å². The third-order valence-electron chi connectivity index (χ3n) is 3.09. The van der Waals surface area contributed by atoms with Crippen LogP contribution >= 0.6 is 0 Å². The van der Waals surface area contributed by atoms with E-state index in [9.17, 15) is 0 Å². The van der Waals surface area contributed by atoms with E-state index in [1.54, 1.807) is 0 Å². The fourth-order valence-electron chi connectivity index (χ4n) is 1.93. The van der Waals surface area contributed by atoms with Crippen molar-refractivity contribution in [2.24, 2.45) is 7.05 Å². The number of aryl methyl sites for hydroxylation is 3. The first-order chi connectivity index (χ1) is 9.56. The van der Waals surface area contributed by atoms with Gasteiger partial charge in [-0.25, -0.2) is 4.98 Å². The van der Waals surface area contributed by atoms with E-state index in [0.29, 0.717) is 5.92 Å². The second kappa shape index (κ2) is 10.2. The Labute approximate surface area is 124 Å². The topological polar surface area (TPSA) is 17.8 Å². The van der Waals surface area contributed by atoms with E-state index >= 15 is 0 Å². The lowest BCUT2D eigenvalue weighted by Crippen LogP contribution is -1.95. The van der Waals surface area contributed by atoms with Crippen LogP contribution in [0.3, 0.4) is 0 Å².